The Morgan fingerprint density at radius 1 is 1.53 bits per heavy atom. The molecule has 0 fully saturated rings. The zero-order chi connectivity index (χ0) is 13.7. The summed E-state index contributed by atoms with van der Waals surface area (Å²) in [5.41, 5.74) is 0. The fraction of sp³-hybridized carbons (Fsp3) is 0.500. The highest BCUT2D eigenvalue weighted by Crippen LogP contribution is 2.29. The molecular formula is C14H21N3OS. The number of thiophene rings is 1. The highest BCUT2D eigenvalue weighted by Gasteiger charge is 2.14. The van der Waals surface area contributed by atoms with Crippen LogP contribution in [0.3, 0.4) is 0 Å². The molecule has 2 aromatic heterocycles. The summed E-state index contributed by atoms with van der Waals surface area (Å²) >= 11 is 1.75. The summed E-state index contributed by atoms with van der Waals surface area (Å²) in [6, 6.07) is 2.49. The van der Waals surface area contributed by atoms with Gasteiger partial charge in [-0.05, 0) is 19.0 Å². The number of aromatic nitrogens is 2. The molecule has 2 aromatic rings. The molecule has 0 aliphatic heterocycles. The van der Waals surface area contributed by atoms with E-state index in [2.05, 4.69) is 33.2 Å². The molecule has 4 nitrogen and oxygen atoms in total. The van der Waals surface area contributed by atoms with Crippen LogP contribution < -0.4 is 10.1 Å². The Morgan fingerprint density at radius 3 is 2.95 bits per heavy atom. The smallest absolute Gasteiger partial charge is 0.129 e. The largest absolute Gasteiger partial charge is 0.496 e. The van der Waals surface area contributed by atoms with Gasteiger partial charge in [-0.1, -0.05) is 6.92 Å². The van der Waals surface area contributed by atoms with Crippen LogP contribution in [0.5, 0.6) is 5.75 Å². The monoisotopic (exact) mass is 279 g/mol. The molecule has 19 heavy (non-hydrogen) atoms. The average Bonchev–Trinajstić information content (AvgIpc) is 3.03. The summed E-state index contributed by atoms with van der Waals surface area (Å²) in [6.07, 6.45) is 5.86. The lowest BCUT2D eigenvalue weighted by molar-refractivity contribution is 0.415. The zero-order valence-corrected chi connectivity index (χ0v) is 12.5. The highest BCUT2D eigenvalue weighted by molar-refractivity contribution is 7.10. The van der Waals surface area contributed by atoms with Crippen LogP contribution in [-0.4, -0.2) is 23.2 Å². The van der Waals surface area contributed by atoms with E-state index in [-0.39, 0.29) is 0 Å². The predicted molar refractivity (Wildman–Crippen MR) is 78.8 cm³/mol. The summed E-state index contributed by atoms with van der Waals surface area (Å²) in [5.74, 6) is 2.08. The molecule has 1 atom stereocenters. The second-order valence-electron chi connectivity index (χ2n) is 4.49. The Balaban J connectivity index is 2.01. The minimum Gasteiger partial charge on any atom is -0.496 e. The Morgan fingerprint density at radius 2 is 2.37 bits per heavy atom. The third-order valence-electron chi connectivity index (χ3n) is 3.20. The first-order chi connectivity index (χ1) is 9.24. The van der Waals surface area contributed by atoms with Gasteiger partial charge in [-0.2, -0.15) is 0 Å². The molecule has 1 N–H and O–H groups in total. The van der Waals surface area contributed by atoms with Crippen molar-refractivity contribution in [1.29, 1.82) is 0 Å². The van der Waals surface area contributed by atoms with E-state index in [1.807, 2.05) is 19.4 Å². The molecule has 0 amide bonds. The van der Waals surface area contributed by atoms with E-state index in [1.54, 1.807) is 18.4 Å². The highest BCUT2D eigenvalue weighted by atomic mass is 32.1. The summed E-state index contributed by atoms with van der Waals surface area (Å²) in [6.45, 7) is 3.10. The number of ether oxygens (including phenoxy) is 1. The van der Waals surface area contributed by atoms with Gasteiger partial charge in [-0.15, -0.1) is 11.3 Å². The lowest BCUT2D eigenvalue weighted by Gasteiger charge is -2.16. The van der Waals surface area contributed by atoms with Gasteiger partial charge in [0.05, 0.1) is 7.11 Å². The van der Waals surface area contributed by atoms with Crippen molar-refractivity contribution >= 4 is 11.3 Å². The number of methoxy groups -OCH3 is 1. The van der Waals surface area contributed by atoms with Crippen LogP contribution in [0.2, 0.25) is 0 Å². The fourth-order valence-corrected chi connectivity index (χ4v) is 3.09. The van der Waals surface area contributed by atoms with Crippen LogP contribution in [0, 0.1) is 0 Å². The maximum Gasteiger partial charge on any atom is 0.129 e. The van der Waals surface area contributed by atoms with Crippen LogP contribution in [0.15, 0.2) is 23.8 Å². The van der Waals surface area contributed by atoms with E-state index < -0.39 is 0 Å². The zero-order valence-electron chi connectivity index (χ0n) is 11.7. The number of hydrogen-bond acceptors (Lipinski definition) is 4. The van der Waals surface area contributed by atoms with E-state index in [0.717, 1.165) is 31.0 Å². The first kappa shape index (κ1) is 14.1. The van der Waals surface area contributed by atoms with Gasteiger partial charge in [-0.25, -0.2) is 4.98 Å². The summed E-state index contributed by atoms with van der Waals surface area (Å²) in [5, 5.41) is 5.59. The fourth-order valence-electron chi connectivity index (χ4n) is 2.13. The van der Waals surface area contributed by atoms with Crippen LogP contribution in [0.25, 0.3) is 0 Å². The van der Waals surface area contributed by atoms with Gasteiger partial charge >= 0.3 is 0 Å². The SMILES string of the molecule is CCNC(CCc1nccn1C)c1cc(OC)cs1. The lowest BCUT2D eigenvalue weighted by Crippen LogP contribution is -2.21. The number of nitrogens with one attached hydrogen (secondary N) is 1. The van der Waals surface area contributed by atoms with Crippen LogP contribution in [0.1, 0.15) is 30.1 Å². The molecule has 0 saturated heterocycles. The molecule has 1 unspecified atom stereocenters. The van der Waals surface area contributed by atoms with Crippen molar-refractivity contribution in [2.75, 3.05) is 13.7 Å². The van der Waals surface area contributed by atoms with Gasteiger partial charge < -0.3 is 14.6 Å². The number of aryl methyl sites for hydroxylation is 2. The molecule has 2 heterocycles. The number of nitrogens with zero attached hydrogens (tertiary/aromatic N) is 2. The number of rotatable bonds is 7. The minimum absolute atomic E-state index is 0.371. The van der Waals surface area contributed by atoms with Gasteiger partial charge in [0, 0.05) is 42.2 Å². The van der Waals surface area contributed by atoms with Gasteiger partial charge in [0.1, 0.15) is 11.6 Å². The quantitative estimate of drug-likeness (QED) is 0.847. The molecule has 2 rings (SSSR count). The van der Waals surface area contributed by atoms with Crippen LogP contribution >= 0.6 is 11.3 Å². The van der Waals surface area contributed by atoms with Gasteiger partial charge in [0.2, 0.25) is 0 Å². The molecular weight excluding hydrogens is 258 g/mol. The number of imidazole rings is 1. The van der Waals surface area contributed by atoms with Gasteiger partial charge in [0.15, 0.2) is 0 Å². The van der Waals surface area contributed by atoms with Gasteiger partial charge in [0.25, 0.3) is 0 Å². The third-order valence-corrected chi connectivity index (χ3v) is 4.23. The third kappa shape index (κ3) is 3.58. The van der Waals surface area contributed by atoms with Crippen molar-refractivity contribution in [1.82, 2.24) is 14.9 Å². The van der Waals surface area contributed by atoms with Crippen LogP contribution in [-0.2, 0) is 13.5 Å². The first-order valence-corrected chi connectivity index (χ1v) is 7.44. The van der Waals surface area contributed by atoms with Crippen molar-refractivity contribution in [3.8, 4) is 5.75 Å². The maximum atomic E-state index is 5.26. The molecule has 5 heteroatoms. The molecule has 0 spiro atoms. The van der Waals surface area contributed by atoms with Gasteiger partial charge in [-0.3, -0.25) is 0 Å². The standard InChI is InChI=1S/C14H21N3OS/c1-4-15-12(13-9-11(18-3)10-19-13)5-6-14-16-7-8-17(14)2/h7-10,12,15H,4-6H2,1-3H3. The summed E-state index contributed by atoms with van der Waals surface area (Å²) < 4.78 is 7.34. The predicted octanol–water partition coefficient (Wildman–Crippen LogP) is 2.77. The minimum atomic E-state index is 0.371. The summed E-state index contributed by atoms with van der Waals surface area (Å²) in [4.78, 5) is 5.70. The molecule has 0 saturated carbocycles. The van der Waals surface area contributed by atoms with E-state index in [1.165, 1.54) is 4.88 Å². The van der Waals surface area contributed by atoms with E-state index in [4.69, 9.17) is 4.74 Å². The molecule has 0 bridgehead atoms. The van der Waals surface area contributed by atoms with E-state index in [9.17, 15) is 0 Å². The van der Waals surface area contributed by atoms with Crippen molar-refractivity contribution in [2.45, 2.75) is 25.8 Å². The Labute approximate surface area is 118 Å². The topological polar surface area (TPSA) is 39.1 Å². The van der Waals surface area contributed by atoms with Crippen LogP contribution in [0.4, 0.5) is 0 Å². The first-order valence-electron chi connectivity index (χ1n) is 6.56. The normalized spacial score (nSPS) is 12.6. The Kier molecular flexibility index (Phi) is 4.99. The average molecular weight is 279 g/mol. The maximum absolute atomic E-state index is 5.26. The van der Waals surface area contributed by atoms with E-state index >= 15 is 0 Å². The molecule has 0 aromatic carbocycles. The Hall–Kier alpha value is -1.33. The molecule has 0 aliphatic rings. The van der Waals surface area contributed by atoms with Crippen molar-refractivity contribution < 1.29 is 4.74 Å². The molecule has 0 radical (unpaired) electrons. The number of hydrogen-bond donors (Lipinski definition) is 1. The summed E-state index contributed by atoms with van der Waals surface area (Å²) in [7, 11) is 3.75. The van der Waals surface area contributed by atoms with Crippen molar-refractivity contribution in [2.24, 2.45) is 7.05 Å². The molecule has 104 valence electrons. The second-order valence-corrected chi connectivity index (χ2v) is 5.44. The van der Waals surface area contributed by atoms with Crippen molar-refractivity contribution in [3.05, 3.63) is 34.5 Å². The lowest BCUT2D eigenvalue weighted by atomic mass is 10.1. The van der Waals surface area contributed by atoms with E-state index in [0.29, 0.717) is 6.04 Å². The van der Waals surface area contributed by atoms with Crippen molar-refractivity contribution in [3.63, 3.8) is 0 Å². The molecule has 0 aliphatic carbocycles. The second kappa shape index (κ2) is 6.73. The Bertz CT molecular complexity index is 506.